The SMILES string of the molecule is CCCc1nnc(-c2ccc3oc([C@]4(CN5Cc6ccc(OC)cc6C5=O)CC(=O)NC4=O)cc3n2)o1.COC(=O)c1cnc2cc([C@]3(CN4Cc5ccc(OC)c(F)c5C4=O)CC(=O)NC3=O)oc2c1.COc1ccc2c(c1F)C(=O)N(C[C@@]1(c3cc4nc(C(N)=O)ccc4o3)CC(=O)NC1=O)C2.COc1ccc2c(c1F)C(=O)N(C[C@@]1(c3cc4nc(C)ccc4o3)CC(=O)NC1=O)C2. The maximum atomic E-state index is 14.8. The number of carbonyl (C=O) groups excluding carboxylic acids is 14. The Balaban J connectivity index is 0.000000120. The standard InChI is InChI=1S/C26H23N5O6.C23H18FN3O7.C22H17FN4O6.C22H18FN3O5/c1-3-4-22-29-30-23(37-22)17-7-8-19-18(27-17)10-20(36-19)26(11-21(32)28-25(26)34)13-31-12-14-5-6-15(35-2)9-16(14)24(31)33;1-32-14-4-3-11-9-27(20(29)18(11)19(14)24)10-23(7-17(28)26-22(23)31)16-6-13-15(34-16)5-12(8-25-13)21(30)33-2;1-32-14-4-2-10-8-27(20(30)17(10)18(14)23)9-22(7-16(28)26-21(22)31)15-6-12-13(33-15)5-3-11(25-12)19(24)29;1-11-3-5-14-13(24-11)7-16(31-14)22(8-17(27)25-21(22)29)10-26-9-12-4-6-15(30-2)19(23)18(12)20(26)28/h5-10H,3-4,11-13H2,1-2H3,(H,28,32,34);3-6,8H,7,9-10H2,1-2H3,(H,26,28,31);2-6H,7-9H2,1H3,(H2,24,29)(H,26,28,31);3-7H,8-10H2,1-2H3,(H,25,27,29)/t26-;23-;2*22-/m1111/s1. The molecule has 39 nitrogen and oxygen atoms in total. The zero-order valence-corrected chi connectivity index (χ0v) is 72.5. The molecule has 8 aliphatic heterocycles. The predicted octanol–water partition coefficient (Wildman–Crippen LogP) is 7.72. The molecule has 0 spiro atoms. The highest BCUT2D eigenvalue weighted by Crippen LogP contribution is 2.46. The molecule has 13 aromatic rings. The lowest BCUT2D eigenvalue weighted by Crippen LogP contribution is -2.46. The molecule has 4 atom stereocenters. The van der Waals surface area contributed by atoms with Crippen molar-refractivity contribution in [3.8, 4) is 34.6 Å². The minimum Gasteiger partial charge on any atom is -0.497 e. The number of hydrogen-bond donors (Lipinski definition) is 5. The van der Waals surface area contributed by atoms with Crippen molar-refractivity contribution in [2.45, 2.75) is 100 Å². The number of carbonyl (C=O) groups is 14. The van der Waals surface area contributed by atoms with E-state index in [1.54, 1.807) is 71.6 Å². The first-order valence-corrected chi connectivity index (χ1v) is 41.8. The van der Waals surface area contributed by atoms with Gasteiger partial charge >= 0.3 is 5.97 Å². The zero-order chi connectivity index (χ0) is 95.3. The van der Waals surface area contributed by atoms with E-state index < -0.39 is 116 Å². The highest BCUT2D eigenvalue weighted by atomic mass is 19.1. The number of methoxy groups -OCH3 is 5. The van der Waals surface area contributed by atoms with Crippen LogP contribution in [0.3, 0.4) is 0 Å². The zero-order valence-electron chi connectivity index (χ0n) is 72.5. The Morgan fingerprint density at radius 2 is 0.837 bits per heavy atom. The van der Waals surface area contributed by atoms with Gasteiger partial charge in [0.2, 0.25) is 53.1 Å². The number of aromatic nitrogens is 6. The summed E-state index contributed by atoms with van der Waals surface area (Å²) in [6.07, 6.45) is 1.96. The van der Waals surface area contributed by atoms with Gasteiger partial charge in [-0.15, -0.1) is 10.2 Å². The van der Waals surface area contributed by atoms with Crippen LogP contribution >= 0.6 is 0 Å². The number of primary amides is 1. The van der Waals surface area contributed by atoms with Crippen molar-refractivity contribution in [3.63, 3.8) is 0 Å². The van der Waals surface area contributed by atoms with Crippen molar-refractivity contribution < 1.29 is 126 Å². The summed E-state index contributed by atoms with van der Waals surface area (Å²) in [6, 6.07) is 31.8. The molecule has 42 heteroatoms. The Morgan fingerprint density at radius 3 is 1.25 bits per heavy atom. The molecule has 17 heterocycles. The summed E-state index contributed by atoms with van der Waals surface area (Å²) in [5.74, 6) is -8.15. The number of esters is 1. The van der Waals surface area contributed by atoms with E-state index >= 15 is 0 Å². The number of fused-ring (bicyclic) bond motifs is 8. The number of pyridine rings is 4. The van der Waals surface area contributed by atoms with Gasteiger partial charge in [0.25, 0.3) is 35.4 Å². The quantitative estimate of drug-likeness (QED) is 0.0339. The van der Waals surface area contributed by atoms with E-state index in [1.165, 1.54) is 105 Å². The molecule has 0 bridgehead atoms. The first-order valence-electron chi connectivity index (χ1n) is 41.8. The molecule has 6 N–H and O–H groups in total. The van der Waals surface area contributed by atoms with Gasteiger partial charge in [-0.3, -0.25) is 88.6 Å². The number of benzene rings is 4. The molecule has 4 fully saturated rings. The molecule has 9 aromatic heterocycles. The molecule has 21 rings (SSSR count). The van der Waals surface area contributed by atoms with Gasteiger partial charge in [0.05, 0.1) is 83.5 Å². The summed E-state index contributed by atoms with van der Waals surface area (Å²) in [4.78, 5) is 200. The van der Waals surface area contributed by atoms with E-state index in [0.717, 1.165) is 17.7 Å². The lowest BCUT2D eigenvalue weighted by molar-refractivity contribution is -0.128. The summed E-state index contributed by atoms with van der Waals surface area (Å²) in [5.41, 5.74) is 6.11. The van der Waals surface area contributed by atoms with Gasteiger partial charge in [0.15, 0.2) is 57.0 Å². The number of rotatable bonds is 21. The number of ether oxygens (including phenoxy) is 5. The molecule has 0 aliphatic carbocycles. The van der Waals surface area contributed by atoms with Crippen LogP contribution < -0.4 is 45.9 Å². The smallest absolute Gasteiger partial charge is 0.339 e. The third-order valence-electron chi connectivity index (χ3n) is 24.8. The monoisotopic (exact) mass is 1840 g/mol. The number of hydrogen-bond acceptors (Lipinski definition) is 30. The van der Waals surface area contributed by atoms with Gasteiger partial charge in [0, 0.05) is 100 Å². The van der Waals surface area contributed by atoms with Crippen LogP contribution in [-0.2, 0) is 97.4 Å². The number of aryl methyl sites for hydroxylation is 2. The van der Waals surface area contributed by atoms with E-state index in [9.17, 15) is 80.3 Å². The number of nitrogens with one attached hydrogen (secondary N) is 4. The normalized spacial score (nSPS) is 19.7. The van der Waals surface area contributed by atoms with Crippen LogP contribution in [0.4, 0.5) is 13.2 Å². The molecular formula is C93H76F3N15O24. The van der Waals surface area contributed by atoms with Crippen LogP contribution in [0.1, 0.15) is 158 Å². The lowest BCUT2D eigenvalue weighted by Gasteiger charge is -2.28. The topological polar surface area (TPSA) is 515 Å². The third kappa shape index (κ3) is 15.4. The molecule has 4 aromatic carbocycles. The van der Waals surface area contributed by atoms with Crippen molar-refractivity contribution >= 4 is 127 Å². The number of nitrogens with two attached hydrogens (primary N) is 1. The van der Waals surface area contributed by atoms with Crippen molar-refractivity contribution in [3.05, 3.63) is 235 Å². The van der Waals surface area contributed by atoms with Crippen LogP contribution in [0, 0.1) is 24.4 Å². The molecule has 0 radical (unpaired) electrons. The predicted molar refractivity (Wildman–Crippen MR) is 457 cm³/mol. The van der Waals surface area contributed by atoms with Crippen LogP contribution in [0.5, 0.6) is 23.0 Å². The Kier molecular flexibility index (Phi) is 22.5. The van der Waals surface area contributed by atoms with Crippen LogP contribution in [0.2, 0.25) is 0 Å². The largest absolute Gasteiger partial charge is 0.497 e. The summed E-state index contributed by atoms with van der Waals surface area (Å²) in [6.45, 7) is 3.72. The fraction of sp³-hybridized carbons (Fsp3) is 0.269. The van der Waals surface area contributed by atoms with Crippen LogP contribution in [0.15, 0.2) is 150 Å². The van der Waals surface area contributed by atoms with Crippen molar-refractivity contribution in [2.75, 3.05) is 61.7 Å². The fourth-order valence-corrected chi connectivity index (χ4v) is 18.0. The molecule has 0 saturated carbocycles. The van der Waals surface area contributed by atoms with Crippen molar-refractivity contribution in [1.82, 2.24) is 71.0 Å². The average Bonchev–Trinajstić information content (AvgIpc) is 1.60. The number of halogens is 3. The average molecular weight is 1840 g/mol. The fourth-order valence-electron chi connectivity index (χ4n) is 18.0. The van der Waals surface area contributed by atoms with Gasteiger partial charge in [-0.1, -0.05) is 31.2 Å². The van der Waals surface area contributed by atoms with E-state index in [4.69, 9.17) is 46.8 Å². The highest BCUT2D eigenvalue weighted by molar-refractivity contribution is 6.14. The van der Waals surface area contributed by atoms with Crippen LogP contribution in [0.25, 0.3) is 56.0 Å². The van der Waals surface area contributed by atoms with E-state index in [-0.39, 0.29) is 168 Å². The maximum Gasteiger partial charge on any atom is 0.339 e. The molecular weight excluding hydrogens is 1770 g/mol. The molecule has 4 saturated heterocycles. The van der Waals surface area contributed by atoms with Gasteiger partial charge in [-0.05, 0) is 108 Å². The molecule has 688 valence electrons. The molecule has 8 aliphatic rings. The minimum absolute atomic E-state index is 0.00504. The molecule has 13 amide bonds. The van der Waals surface area contributed by atoms with Gasteiger partial charge in [-0.25, -0.2) is 32.9 Å². The van der Waals surface area contributed by atoms with Gasteiger partial charge in [-0.2, -0.15) is 0 Å². The van der Waals surface area contributed by atoms with E-state index in [0.29, 0.717) is 80.3 Å². The maximum absolute atomic E-state index is 14.8. The molecule has 135 heavy (non-hydrogen) atoms. The van der Waals surface area contributed by atoms with Gasteiger partial charge in [0.1, 0.15) is 83.9 Å². The van der Waals surface area contributed by atoms with E-state index in [1.807, 2.05) is 19.9 Å². The minimum atomic E-state index is -1.55. The molecule has 0 unspecified atom stereocenters. The highest BCUT2D eigenvalue weighted by Gasteiger charge is 2.58. The first kappa shape index (κ1) is 88.8. The van der Waals surface area contributed by atoms with Crippen LogP contribution in [-0.4, -0.2) is 194 Å². The second-order valence-corrected chi connectivity index (χ2v) is 33.2. The number of furan rings is 4. The van der Waals surface area contributed by atoms with Crippen molar-refractivity contribution in [2.24, 2.45) is 5.73 Å². The second-order valence-electron chi connectivity index (χ2n) is 33.2. The van der Waals surface area contributed by atoms with Gasteiger partial charge < -0.3 is 71.1 Å². The number of amides is 13. The summed E-state index contributed by atoms with van der Waals surface area (Å²) in [7, 11) is 6.68. The summed E-state index contributed by atoms with van der Waals surface area (Å²) < 4.78 is 98.4. The second kappa shape index (κ2) is 34.1. The third-order valence-corrected chi connectivity index (χ3v) is 24.8. The Bertz CT molecular complexity index is 7340. The number of imide groups is 4. The Labute approximate surface area is 758 Å². The number of nitrogens with zero attached hydrogens (tertiary/aromatic N) is 10. The summed E-state index contributed by atoms with van der Waals surface area (Å²) >= 11 is 0. The van der Waals surface area contributed by atoms with Crippen molar-refractivity contribution in [1.29, 1.82) is 0 Å². The lowest BCUT2D eigenvalue weighted by atomic mass is 9.82. The Hall–Kier alpha value is -16.9. The van der Waals surface area contributed by atoms with E-state index in [2.05, 4.69) is 56.1 Å². The first-order chi connectivity index (χ1) is 64.7. The summed E-state index contributed by atoms with van der Waals surface area (Å²) in [5, 5.41) is 17.3. The Morgan fingerprint density at radius 1 is 0.437 bits per heavy atom.